The van der Waals surface area contributed by atoms with Crippen LogP contribution >= 0.6 is 27.7 Å². The first-order chi connectivity index (χ1) is 8.89. The van der Waals surface area contributed by atoms with Gasteiger partial charge in [0.1, 0.15) is 0 Å². The molecule has 1 saturated heterocycles. The third-order valence-electron chi connectivity index (χ3n) is 3.35. The molecular formula is C14H19BrN2OS. The Balaban J connectivity index is 2.17. The Labute approximate surface area is 127 Å². The van der Waals surface area contributed by atoms with Crippen LogP contribution in [0.25, 0.3) is 0 Å². The van der Waals surface area contributed by atoms with Crippen LogP contribution in [0.1, 0.15) is 30.6 Å². The maximum Gasteiger partial charge on any atom is 0.255 e. The number of carbonyl (C=O) groups is 1. The molecule has 1 aromatic rings. The van der Waals surface area contributed by atoms with Crippen LogP contribution in [0.4, 0.5) is 5.69 Å². The molecule has 0 bridgehead atoms. The molecule has 19 heavy (non-hydrogen) atoms. The minimum Gasteiger partial charge on any atom is -0.399 e. The quantitative estimate of drug-likeness (QED) is 0.795. The lowest BCUT2D eigenvalue weighted by Crippen LogP contribution is -2.33. The van der Waals surface area contributed by atoms with E-state index in [-0.39, 0.29) is 10.7 Å². The lowest BCUT2D eigenvalue weighted by molar-refractivity contribution is 0.0763. The summed E-state index contributed by atoms with van der Waals surface area (Å²) in [6.07, 6.45) is 1.02. The molecule has 0 aromatic heterocycles. The number of nitrogens with zero attached hydrogens (tertiary/aromatic N) is 1. The summed E-state index contributed by atoms with van der Waals surface area (Å²) < 4.78 is 1.06. The molecule has 0 aliphatic carbocycles. The van der Waals surface area contributed by atoms with E-state index in [4.69, 9.17) is 5.73 Å². The molecule has 1 aromatic carbocycles. The minimum atomic E-state index is 0.0671. The van der Waals surface area contributed by atoms with Gasteiger partial charge in [-0.05, 0) is 40.5 Å². The number of anilines is 1. The highest BCUT2D eigenvalue weighted by atomic mass is 79.9. The maximum atomic E-state index is 12.6. The van der Waals surface area contributed by atoms with Crippen molar-refractivity contribution in [3.05, 3.63) is 28.2 Å². The Kier molecular flexibility index (Phi) is 4.46. The van der Waals surface area contributed by atoms with Crippen molar-refractivity contribution in [3.63, 3.8) is 0 Å². The van der Waals surface area contributed by atoms with Gasteiger partial charge in [-0.2, -0.15) is 11.8 Å². The smallest absolute Gasteiger partial charge is 0.255 e. The lowest BCUT2D eigenvalue weighted by Gasteiger charge is -2.23. The largest absolute Gasteiger partial charge is 0.399 e. The Hall–Kier alpha value is -0.680. The highest BCUT2D eigenvalue weighted by Crippen LogP contribution is 2.31. The Morgan fingerprint density at radius 1 is 1.42 bits per heavy atom. The van der Waals surface area contributed by atoms with Crippen LogP contribution < -0.4 is 5.73 Å². The monoisotopic (exact) mass is 342 g/mol. The van der Waals surface area contributed by atoms with E-state index in [9.17, 15) is 4.79 Å². The van der Waals surface area contributed by atoms with Gasteiger partial charge in [0.25, 0.3) is 5.91 Å². The number of amides is 1. The molecule has 1 fully saturated rings. The molecule has 0 radical (unpaired) electrons. The van der Waals surface area contributed by atoms with E-state index in [1.54, 1.807) is 12.1 Å². The van der Waals surface area contributed by atoms with Gasteiger partial charge in [0.15, 0.2) is 0 Å². The zero-order valence-corrected chi connectivity index (χ0v) is 13.7. The van der Waals surface area contributed by atoms with E-state index in [2.05, 4.69) is 29.8 Å². The molecule has 1 heterocycles. The van der Waals surface area contributed by atoms with Crippen molar-refractivity contribution >= 4 is 39.3 Å². The predicted octanol–water partition coefficient (Wildman–Crippen LogP) is 3.39. The normalized spacial score (nSPS) is 19.0. The van der Waals surface area contributed by atoms with Crippen LogP contribution in [0.5, 0.6) is 0 Å². The Morgan fingerprint density at radius 2 is 2.16 bits per heavy atom. The lowest BCUT2D eigenvalue weighted by atomic mass is 10.1. The second kappa shape index (κ2) is 5.75. The zero-order chi connectivity index (χ0) is 14.0. The summed E-state index contributed by atoms with van der Waals surface area (Å²) in [4.78, 5) is 14.5. The molecule has 5 heteroatoms. The number of nitrogens with two attached hydrogens (primary N) is 1. The van der Waals surface area contributed by atoms with Crippen molar-refractivity contribution in [3.8, 4) is 0 Å². The van der Waals surface area contributed by atoms with E-state index >= 15 is 0 Å². The average Bonchev–Trinajstić information content (AvgIpc) is 2.52. The van der Waals surface area contributed by atoms with Crippen LogP contribution in [0.3, 0.4) is 0 Å². The van der Waals surface area contributed by atoms with Crippen molar-refractivity contribution < 1.29 is 4.79 Å². The summed E-state index contributed by atoms with van der Waals surface area (Å²) in [7, 11) is 0. The van der Waals surface area contributed by atoms with Crippen molar-refractivity contribution in [2.75, 3.05) is 24.6 Å². The summed E-state index contributed by atoms with van der Waals surface area (Å²) >= 11 is 5.37. The summed E-state index contributed by atoms with van der Waals surface area (Å²) in [6, 6.07) is 5.37. The predicted molar refractivity (Wildman–Crippen MR) is 85.6 cm³/mol. The first kappa shape index (κ1) is 14.7. The molecule has 1 amide bonds. The molecule has 0 unspecified atom stereocenters. The molecule has 0 spiro atoms. The van der Waals surface area contributed by atoms with Gasteiger partial charge in [0.2, 0.25) is 0 Å². The number of carbonyl (C=O) groups excluding carboxylic acids is 1. The van der Waals surface area contributed by atoms with E-state index in [1.165, 1.54) is 0 Å². The van der Waals surface area contributed by atoms with Crippen LogP contribution in [0.15, 0.2) is 22.7 Å². The van der Waals surface area contributed by atoms with Gasteiger partial charge < -0.3 is 10.6 Å². The Morgan fingerprint density at radius 3 is 2.89 bits per heavy atom. The maximum absolute atomic E-state index is 12.6. The molecule has 2 rings (SSSR count). The van der Waals surface area contributed by atoms with E-state index in [1.807, 2.05) is 22.7 Å². The number of hydrogen-bond donors (Lipinski definition) is 1. The van der Waals surface area contributed by atoms with E-state index < -0.39 is 0 Å². The molecule has 0 saturated carbocycles. The SMILES string of the molecule is CC1(C)CCN(C(=O)c2cc(N)ccc2Br)CCS1. The Bertz CT molecular complexity index is 490. The molecule has 3 nitrogen and oxygen atoms in total. The number of thioether (sulfide) groups is 1. The van der Waals surface area contributed by atoms with Crippen LogP contribution in [0.2, 0.25) is 0 Å². The summed E-state index contributed by atoms with van der Waals surface area (Å²) in [5, 5.41) is 0. The summed E-state index contributed by atoms with van der Waals surface area (Å²) in [5.41, 5.74) is 7.05. The van der Waals surface area contributed by atoms with Crippen molar-refractivity contribution in [2.24, 2.45) is 0 Å². The summed E-state index contributed by atoms with van der Waals surface area (Å²) in [6.45, 7) is 6.08. The number of hydrogen-bond acceptors (Lipinski definition) is 3. The second-order valence-corrected chi connectivity index (χ2v) is 8.05. The highest BCUT2D eigenvalue weighted by molar-refractivity contribution is 9.10. The number of halogens is 1. The van der Waals surface area contributed by atoms with Gasteiger partial charge in [-0.25, -0.2) is 0 Å². The topological polar surface area (TPSA) is 46.3 Å². The molecule has 0 atom stereocenters. The van der Waals surface area contributed by atoms with E-state index in [0.29, 0.717) is 11.3 Å². The molecule has 1 aliphatic rings. The molecule has 104 valence electrons. The first-order valence-corrected chi connectivity index (χ1v) is 8.15. The van der Waals surface area contributed by atoms with Gasteiger partial charge in [0.05, 0.1) is 5.56 Å². The summed E-state index contributed by atoms with van der Waals surface area (Å²) in [5.74, 6) is 1.05. The third-order valence-corrected chi connectivity index (χ3v) is 5.41. The van der Waals surface area contributed by atoms with Crippen molar-refractivity contribution in [1.82, 2.24) is 4.90 Å². The molecule has 1 aliphatic heterocycles. The average molecular weight is 343 g/mol. The van der Waals surface area contributed by atoms with Crippen LogP contribution in [-0.2, 0) is 0 Å². The van der Waals surface area contributed by atoms with Crippen LogP contribution in [-0.4, -0.2) is 34.4 Å². The fraction of sp³-hybridized carbons (Fsp3) is 0.500. The number of nitrogen functional groups attached to an aromatic ring is 1. The highest BCUT2D eigenvalue weighted by Gasteiger charge is 2.27. The molecule has 2 N–H and O–H groups in total. The van der Waals surface area contributed by atoms with Crippen LogP contribution in [0, 0.1) is 0 Å². The third kappa shape index (κ3) is 3.66. The van der Waals surface area contributed by atoms with Crippen molar-refractivity contribution in [1.29, 1.82) is 0 Å². The van der Waals surface area contributed by atoms with Gasteiger partial charge in [0, 0.05) is 33.7 Å². The van der Waals surface area contributed by atoms with Gasteiger partial charge >= 0.3 is 0 Å². The minimum absolute atomic E-state index is 0.0671. The van der Waals surface area contributed by atoms with Gasteiger partial charge in [-0.3, -0.25) is 4.79 Å². The standard InChI is InChI=1S/C14H19BrN2OS/c1-14(2)5-6-17(7-8-19-14)13(18)11-9-10(16)3-4-12(11)15/h3-4,9H,5-8,16H2,1-2H3. The fourth-order valence-electron chi connectivity index (χ4n) is 2.10. The number of benzene rings is 1. The first-order valence-electron chi connectivity index (χ1n) is 6.37. The van der Waals surface area contributed by atoms with Gasteiger partial charge in [-0.15, -0.1) is 0 Å². The van der Waals surface area contributed by atoms with Crippen molar-refractivity contribution in [2.45, 2.75) is 25.0 Å². The molecular weight excluding hydrogens is 324 g/mol. The van der Waals surface area contributed by atoms with Gasteiger partial charge in [-0.1, -0.05) is 13.8 Å². The fourth-order valence-corrected chi connectivity index (χ4v) is 3.62. The van der Waals surface area contributed by atoms with E-state index in [0.717, 1.165) is 29.7 Å². The zero-order valence-electron chi connectivity index (χ0n) is 11.3. The number of rotatable bonds is 1. The second-order valence-electron chi connectivity index (χ2n) is 5.39.